The number of nitrogens with one attached hydrogen (secondary N) is 1. The highest BCUT2D eigenvalue weighted by atomic mass is 35.5. The van der Waals surface area contributed by atoms with E-state index in [9.17, 15) is 4.39 Å². The van der Waals surface area contributed by atoms with Crippen LogP contribution < -0.4 is 5.32 Å². The molecule has 1 aliphatic heterocycles. The maximum absolute atomic E-state index is 13.0. The highest BCUT2D eigenvalue weighted by Crippen LogP contribution is 2.20. The van der Waals surface area contributed by atoms with Gasteiger partial charge in [-0.05, 0) is 24.1 Å². The number of hydrogen-bond donors (Lipinski definition) is 1. The number of hydrogen-bond acceptors (Lipinski definition) is 2. The predicted octanol–water partition coefficient (Wildman–Crippen LogP) is 3.05. The van der Waals surface area contributed by atoms with Gasteiger partial charge >= 0.3 is 0 Å². The minimum atomic E-state index is -0.270. The van der Waals surface area contributed by atoms with E-state index >= 15 is 0 Å². The van der Waals surface area contributed by atoms with Crippen molar-refractivity contribution < 1.29 is 4.39 Å². The van der Waals surface area contributed by atoms with Gasteiger partial charge in [0.25, 0.3) is 0 Å². The van der Waals surface area contributed by atoms with Gasteiger partial charge in [-0.3, -0.25) is 4.90 Å². The fourth-order valence-electron chi connectivity index (χ4n) is 2.47. The zero-order valence-corrected chi connectivity index (χ0v) is 11.5. The van der Waals surface area contributed by atoms with Gasteiger partial charge in [0.1, 0.15) is 5.82 Å². The fraction of sp³-hybridized carbons (Fsp3) is 0.571. The molecule has 1 heterocycles. The van der Waals surface area contributed by atoms with Crippen LogP contribution in [-0.4, -0.2) is 30.6 Å². The van der Waals surface area contributed by atoms with E-state index < -0.39 is 0 Å². The van der Waals surface area contributed by atoms with Crippen molar-refractivity contribution in [2.24, 2.45) is 0 Å². The molecule has 1 atom stereocenters. The third-order valence-corrected chi connectivity index (χ3v) is 3.74. The van der Waals surface area contributed by atoms with Crippen molar-refractivity contribution in [3.63, 3.8) is 0 Å². The minimum Gasteiger partial charge on any atom is -0.311 e. The second kappa shape index (κ2) is 6.50. The highest BCUT2D eigenvalue weighted by Gasteiger charge is 2.19. The van der Waals surface area contributed by atoms with Crippen LogP contribution in [-0.2, 0) is 6.54 Å². The molecule has 0 spiro atoms. The fourth-order valence-corrected chi connectivity index (χ4v) is 2.70. The van der Waals surface area contributed by atoms with Crippen molar-refractivity contribution in [1.82, 2.24) is 10.2 Å². The summed E-state index contributed by atoms with van der Waals surface area (Å²) in [6, 6.07) is 5.23. The van der Waals surface area contributed by atoms with Gasteiger partial charge in [-0.2, -0.15) is 0 Å². The van der Waals surface area contributed by atoms with E-state index in [2.05, 4.69) is 17.1 Å². The first-order valence-electron chi connectivity index (χ1n) is 6.58. The molecule has 18 heavy (non-hydrogen) atoms. The summed E-state index contributed by atoms with van der Waals surface area (Å²) in [5.41, 5.74) is 1.01. The first-order valence-corrected chi connectivity index (χ1v) is 6.96. The summed E-state index contributed by atoms with van der Waals surface area (Å²) in [6.45, 7) is 6.09. The van der Waals surface area contributed by atoms with E-state index in [1.54, 1.807) is 6.07 Å². The molecule has 0 amide bonds. The van der Waals surface area contributed by atoms with Gasteiger partial charge in [0.15, 0.2) is 0 Å². The first kappa shape index (κ1) is 13.8. The van der Waals surface area contributed by atoms with E-state index in [4.69, 9.17) is 11.6 Å². The Kier molecular flexibility index (Phi) is 4.98. The quantitative estimate of drug-likeness (QED) is 0.905. The molecule has 0 radical (unpaired) electrons. The molecule has 1 aromatic carbocycles. The van der Waals surface area contributed by atoms with Gasteiger partial charge < -0.3 is 5.32 Å². The van der Waals surface area contributed by atoms with Crippen molar-refractivity contribution in [3.05, 3.63) is 34.6 Å². The van der Waals surface area contributed by atoms with Gasteiger partial charge in [-0.25, -0.2) is 4.39 Å². The Balaban J connectivity index is 1.96. The lowest BCUT2D eigenvalue weighted by Gasteiger charge is -2.33. The first-order chi connectivity index (χ1) is 8.69. The average Bonchev–Trinajstić information content (AvgIpc) is 2.34. The third-order valence-electron chi connectivity index (χ3n) is 3.39. The van der Waals surface area contributed by atoms with Crippen LogP contribution in [0.15, 0.2) is 18.2 Å². The van der Waals surface area contributed by atoms with E-state index in [1.807, 2.05) is 0 Å². The van der Waals surface area contributed by atoms with Crippen LogP contribution in [0.4, 0.5) is 4.39 Å². The monoisotopic (exact) mass is 270 g/mol. The van der Waals surface area contributed by atoms with Crippen LogP contribution in [0.2, 0.25) is 5.02 Å². The normalized spacial score (nSPS) is 21.2. The summed E-state index contributed by atoms with van der Waals surface area (Å²) in [7, 11) is 0. The molecule has 1 aliphatic rings. The Hall–Kier alpha value is -0.640. The molecule has 2 rings (SSSR count). The van der Waals surface area contributed by atoms with E-state index in [-0.39, 0.29) is 5.82 Å². The Bertz CT molecular complexity index is 395. The van der Waals surface area contributed by atoms with Crippen molar-refractivity contribution in [2.45, 2.75) is 32.4 Å². The molecule has 1 fully saturated rings. The molecule has 4 heteroatoms. The van der Waals surface area contributed by atoms with Gasteiger partial charge in [0.2, 0.25) is 0 Å². The number of nitrogens with zero attached hydrogens (tertiary/aromatic N) is 1. The summed E-state index contributed by atoms with van der Waals surface area (Å²) in [4.78, 5) is 2.38. The average molecular weight is 271 g/mol. The lowest BCUT2D eigenvalue weighted by atomic mass is 10.1. The Morgan fingerprint density at radius 2 is 2.33 bits per heavy atom. The van der Waals surface area contributed by atoms with Crippen molar-refractivity contribution in [1.29, 1.82) is 0 Å². The van der Waals surface area contributed by atoms with Crippen LogP contribution in [0.3, 0.4) is 0 Å². The minimum absolute atomic E-state index is 0.270. The lowest BCUT2D eigenvalue weighted by Crippen LogP contribution is -2.50. The van der Waals surface area contributed by atoms with Crippen LogP contribution in [0.5, 0.6) is 0 Å². The van der Waals surface area contributed by atoms with Crippen LogP contribution in [0, 0.1) is 5.82 Å². The molecule has 0 bridgehead atoms. The number of halogens is 2. The zero-order chi connectivity index (χ0) is 13.0. The van der Waals surface area contributed by atoms with E-state index in [0.29, 0.717) is 11.1 Å². The largest absolute Gasteiger partial charge is 0.311 e. The summed E-state index contributed by atoms with van der Waals surface area (Å²) < 4.78 is 13.0. The summed E-state index contributed by atoms with van der Waals surface area (Å²) in [5.74, 6) is -0.270. The van der Waals surface area contributed by atoms with Crippen molar-refractivity contribution >= 4 is 11.6 Å². The van der Waals surface area contributed by atoms with Gasteiger partial charge in [0.05, 0.1) is 0 Å². The Labute approximate surface area is 113 Å². The zero-order valence-electron chi connectivity index (χ0n) is 10.8. The summed E-state index contributed by atoms with van der Waals surface area (Å²) >= 11 is 6.06. The molecule has 0 aliphatic carbocycles. The van der Waals surface area contributed by atoms with E-state index in [1.165, 1.54) is 25.0 Å². The maximum Gasteiger partial charge on any atom is 0.124 e. The van der Waals surface area contributed by atoms with Gasteiger partial charge in [-0.15, -0.1) is 0 Å². The topological polar surface area (TPSA) is 15.3 Å². The van der Waals surface area contributed by atoms with Crippen LogP contribution in [0.1, 0.15) is 25.3 Å². The highest BCUT2D eigenvalue weighted by molar-refractivity contribution is 6.31. The second-order valence-electron chi connectivity index (χ2n) is 4.91. The summed E-state index contributed by atoms with van der Waals surface area (Å²) in [5, 5.41) is 4.05. The maximum atomic E-state index is 13.0. The molecule has 0 aromatic heterocycles. The number of benzene rings is 1. The smallest absolute Gasteiger partial charge is 0.124 e. The Morgan fingerprint density at radius 3 is 3.06 bits per heavy atom. The molecule has 1 N–H and O–H groups in total. The van der Waals surface area contributed by atoms with Crippen LogP contribution >= 0.6 is 11.6 Å². The summed E-state index contributed by atoms with van der Waals surface area (Å²) in [6.07, 6.45) is 2.40. The molecular formula is C14H20ClFN2. The van der Waals surface area contributed by atoms with Crippen molar-refractivity contribution in [2.75, 3.05) is 19.6 Å². The molecule has 1 aromatic rings. The third kappa shape index (κ3) is 3.67. The standard InChI is InChI=1S/C14H20ClFN2/c1-2-3-13-10-18(7-6-17-13)9-11-4-5-12(16)8-14(11)15/h4-5,8,13,17H,2-3,6-7,9-10H2,1H3. The molecule has 100 valence electrons. The number of rotatable bonds is 4. The number of piperazine rings is 1. The SMILES string of the molecule is CCCC1CN(Cc2ccc(F)cc2Cl)CCN1. The molecular weight excluding hydrogens is 251 g/mol. The molecule has 1 saturated heterocycles. The predicted molar refractivity (Wildman–Crippen MR) is 73.4 cm³/mol. The van der Waals surface area contributed by atoms with Crippen molar-refractivity contribution in [3.8, 4) is 0 Å². The molecule has 2 nitrogen and oxygen atoms in total. The molecule has 1 unspecified atom stereocenters. The molecule has 0 saturated carbocycles. The van der Waals surface area contributed by atoms with Crippen LogP contribution in [0.25, 0.3) is 0 Å². The lowest BCUT2D eigenvalue weighted by molar-refractivity contribution is 0.187. The van der Waals surface area contributed by atoms with Gasteiger partial charge in [-0.1, -0.05) is 31.0 Å². The second-order valence-corrected chi connectivity index (χ2v) is 5.32. The van der Waals surface area contributed by atoms with Gasteiger partial charge in [0, 0.05) is 37.2 Å². The Morgan fingerprint density at radius 1 is 1.50 bits per heavy atom. The van der Waals surface area contributed by atoms with E-state index in [0.717, 1.165) is 31.7 Å².